The lowest BCUT2D eigenvalue weighted by molar-refractivity contribution is -0.118. The number of hydrogen-bond donors (Lipinski definition) is 1. The molecule has 0 bridgehead atoms. The predicted octanol–water partition coefficient (Wildman–Crippen LogP) is 6.89. The summed E-state index contributed by atoms with van der Waals surface area (Å²) >= 11 is 12.7. The molecule has 4 aromatic carbocycles. The number of rotatable bonds is 12. The van der Waals surface area contributed by atoms with Crippen molar-refractivity contribution in [2.45, 2.75) is 51.0 Å². The zero-order valence-corrected chi connectivity index (χ0v) is 29.5. The van der Waals surface area contributed by atoms with Crippen LogP contribution in [0, 0.1) is 0 Å². The lowest BCUT2D eigenvalue weighted by Crippen LogP contribution is -2.31. The summed E-state index contributed by atoms with van der Waals surface area (Å²) in [5, 5.41) is 5.11. The van der Waals surface area contributed by atoms with Gasteiger partial charge in [0.05, 0.1) is 32.7 Å². The molecule has 0 atom stereocenters. The third-order valence-electron chi connectivity index (χ3n) is 8.04. The molecule has 10 nitrogen and oxygen atoms in total. The topological polar surface area (TPSA) is 123 Å². The van der Waals surface area contributed by atoms with Gasteiger partial charge in [-0.05, 0) is 53.9 Å². The van der Waals surface area contributed by atoms with E-state index in [2.05, 4.69) is 16.7 Å². The van der Waals surface area contributed by atoms with Gasteiger partial charge in [0.2, 0.25) is 5.91 Å². The standard InChI is InChI=1S/C36H35Cl2N5O5S/c1-4-6-15-33-39-43(31-22-26(20-21-30(31)38)41(3)34(44)5-2)36(46)42(33)23-24-16-18-25(19-17-24)27-11-8-10-14-32(27)49(47,48)40-35(45)28-12-7-9-13-29(28)37/h7-14,16-22H,4-6,15,23H2,1-3H3,(H,40,45). The van der Waals surface area contributed by atoms with Crippen LogP contribution in [0.3, 0.4) is 0 Å². The summed E-state index contributed by atoms with van der Waals surface area (Å²) in [5.41, 5.74) is 2.38. The first-order chi connectivity index (χ1) is 23.4. The van der Waals surface area contributed by atoms with Crippen LogP contribution >= 0.6 is 23.2 Å². The van der Waals surface area contributed by atoms with Crippen LogP contribution in [-0.4, -0.2) is 41.6 Å². The van der Waals surface area contributed by atoms with Crippen molar-refractivity contribution in [2.75, 3.05) is 11.9 Å². The second kappa shape index (κ2) is 15.2. The molecule has 0 saturated carbocycles. The highest BCUT2D eigenvalue weighted by Gasteiger charge is 2.24. The number of nitrogens with one attached hydrogen (secondary N) is 1. The molecule has 1 N–H and O–H groups in total. The van der Waals surface area contributed by atoms with Crippen LogP contribution in [0.4, 0.5) is 5.69 Å². The van der Waals surface area contributed by atoms with E-state index in [1.807, 2.05) is 12.1 Å². The Morgan fingerprint density at radius 2 is 1.59 bits per heavy atom. The van der Waals surface area contributed by atoms with Gasteiger partial charge >= 0.3 is 5.69 Å². The van der Waals surface area contributed by atoms with Crippen LogP contribution < -0.4 is 15.3 Å². The highest BCUT2D eigenvalue weighted by atomic mass is 35.5. The number of hydrogen-bond acceptors (Lipinski definition) is 6. The Labute approximate surface area is 295 Å². The third kappa shape index (κ3) is 7.80. The minimum atomic E-state index is -4.27. The first-order valence-electron chi connectivity index (χ1n) is 15.7. The molecule has 0 saturated heterocycles. The van der Waals surface area contributed by atoms with Gasteiger partial charge in [0.1, 0.15) is 5.82 Å². The number of carbonyl (C=O) groups is 2. The van der Waals surface area contributed by atoms with E-state index in [1.54, 1.807) is 79.2 Å². The van der Waals surface area contributed by atoms with E-state index in [9.17, 15) is 22.8 Å². The lowest BCUT2D eigenvalue weighted by atomic mass is 10.0. The number of carbonyl (C=O) groups excluding carboxylic acids is 2. The van der Waals surface area contributed by atoms with Gasteiger partial charge in [-0.2, -0.15) is 4.68 Å². The molecule has 5 aromatic rings. The highest BCUT2D eigenvalue weighted by Crippen LogP contribution is 2.29. The van der Waals surface area contributed by atoms with Crippen molar-refractivity contribution < 1.29 is 18.0 Å². The largest absolute Gasteiger partial charge is 0.351 e. The summed E-state index contributed by atoms with van der Waals surface area (Å²) in [5.74, 6) is -0.337. The fourth-order valence-electron chi connectivity index (χ4n) is 5.31. The van der Waals surface area contributed by atoms with Gasteiger partial charge in [0, 0.05) is 31.1 Å². The molecular formula is C36H35Cl2N5O5S. The number of aryl methyl sites for hydroxylation is 1. The van der Waals surface area contributed by atoms with Gasteiger partial charge in [-0.1, -0.05) is 98.1 Å². The summed E-state index contributed by atoms with van der Waals surface area (Å²) in [6.07, 6.45) is 2.60. The molecule has 0 aliphatic carbocycles. The van der Waals surface area contributed by atoms with Gasteiger partial charge in [0.25, 0.3) is 15.9 Å². The van der Waals surface area contributed by atoms with E-state index in [-0.39, 0.29) is 33.6 Å². The molecular weight excluding hydrogens is 685 g/mol. The Hall–Kier alpha value is -4.71. The number of benzene rings is 4. The van der Waals surface area contributed by atoms with E-state index < -0.39 is 15.9 Å². The number of halogens is 2. The number of amides is 2. The second-order valence-corrected chi connectivity index (χ2v) is 13.8. The maximum Gasteiger partial charge on any atom is 0.351 e. The first-order valence-corrected chi connectivity index (χ1v) is 17.9. The van der Waals surface area contributed by atoms with Crippen molar-refractivity contribution in [2.24, 2.45) is 0 Å². The minimum absolute atomic E-state index is 0.0420. The molecule has 0 spiro atoms. The molecule has 1 aromatic heterocycles. The Morgan fingerprint density at radius 1 is 0.898 bits per heavy atom. The lowest BCUT2D eigenvalue weighted by Gasteiger charge is -2.17. The van der Waals surface area contributed by atoms with Crippen molar-refractivity contribution in [1.29, 1.82) is 0 Å². The summed E-state index contributed by atoms with van der Waals surface area (Å²) in [6.45, 7) is 4.04. The van der Waals surface area contributed by atoms with Crippen molar-refractivity contribution in [1.82, 2.24) is 19.1 Å². The van der Waals surface area contributed by atoms with Crippen molar-refractivity contribution in [3.05, 3.63) is 128 Å². The number of nitrogens with zero attached hydrogens (tertiary/aromatic N) is 4. The Kier molecular flexibility index (Phi) is 11.1. The van der Waals surface area contributed by atoms with E-state index in [0.717, 1.165) is 18.4 Å². The zero-order chi connectivity index (χ0) is 35.3. The highest BCUT2D eigenvalue weighted by molar-refractivity contribution is 7.90. The maximum atomic E-state index is 13.9. The molecule has 1 heterocycles. The average molecular weight is 721 g/mol. The minimum Gasteiger partial charge on any atom is -0.315 e. The van der Waals surface area contributed by atoms with Gasteiger partial charge in [-0.15, -0.1) is 5.10 Å². The zero-order valence-electron chi connectivity index (χ0n) is 27.2. The van der Waals surface area contributed by atoms with E-state index >= 15 is 0 Å². The Balaban J connectivity index is 1.45. The van der Waals surface area contributed by atoms with Gasteiger partial charge in [-0.3, -0.25) is 14.2 Å². The summed E-state index contributed by atoms with van der Waals surface area (Å²) in [4.78, 5) is 40.4. The third-order valence-corrected chi connectivity index (χ3v) is 10.1. The van der Waals surface area contributed by atoms with E-state index in [0.29, 0.717) is 46.2 Å². The first kappa shape index (κ1) is 35.6. The molecule has 2 amide bonds. The summed E-state index contributed by atoms with van der Waals surface area (Å²) in [6, 6.07) is 24.8. The summed E-state index contributed by atoms with van der Waals surface area (Å²) in [7, 11) is -2.60. The van der Waals surface area contributed by atoms with Crippen molar-refractivity contribution >= 4 is 50.7 Å². The van der Waals surface area contributed by atoms with Crippen LogP contribution in [0.25, 0.3) is 16.8 Å². The maximum absolute atomic E-state index is 13.9. The summed E-state index contributed by atoms with van der Waals surface area (Å²) < 4.78 is 31.8. The fraction of sp³-hybridized carbons (Fsp3) is 0.222. The number of sulfonamides is 1. The molecule has 254 valence electrons. The molecule has 0 radical (unpaired) electrons. The fourth-order valence-corrected chi connectivity index (χ4v) is 6.93. The Bertz CT molecular complexity index is 2180. The molecule has 13 heteroatoms. The van der Waals surface area contributed by atoms with Gasteiger partial charge in [-0.25, -0.2) is 17.9 Å². The molecule has 0 aliphatic rings. The van der Waals surface area contributed by atoms with Crippen molar-refractivity contribution in [3.8, 4) is 16.8 Å². The van der Waals surface area contributed by atoms with E-state index in [1.165, 1.54) is 27.8 Å². The second-order valence-electron chi connectivity index (χ2n) is 11.3. The van der Waals surface area contributed by atoms with Crippen molar-refractivity contribution in [3.63, 3.8) is 0 Å². The van der Waals surface area contributed by atoms with Crippen LogP contribution in [-0.2, 0) is 27.8 Å². The monoisotopic (exact) mass is 719 g/mol. The molecule has 0 aliphatic heterocycles. The smallest absolute Gasteiger partial charge is 0.315 e. The average Bonchev–Trinajstić information content (AvgIpc) is 3.40. The van der Waals surface area contributed by atoms with Crippen LogP contribution in [0.5, 0.6) is 0 Å². The molecule has 0 fully saturated rings. The molecule has 49 heavy (non-hydrogen) atoms. The van der Waals surface area contributed by atoms with Crippen LogP contribution in [0.15, 0.2) is 101 Å². The van der Waals surface area contributed by atoms with Crippen LogP contribution in [0.2, 0.25) is 10.0 Å². The van der Waals surface area contributed by atoms with E-state index in [4.69, 9.17) is 23.2 Å². The SMILES string of the molecule is CCCCc1nn(-c2cc(N(C)C(=O)CC)ccc2Cl)c(=O)n1Cc1ccc(-c2ccccc2S(=O)(=O)NC(=O)c2ccccc2Cl)cc1. The molecule has 5 rings (SSSR count). The van der Waals surface area contributed by atoms with Crippen LogP contribution in [0.1, 0.15) is 54.9 Å². The number of unbranched alkanes of at least 4 members (excludes halogenated alkanes) is 1. The number of anilines is 1. The molecule has 0 unspecified atom stereocenters. The Morgan fingerprint density at radius 3 is 2.29 bits per heavy atom. The van der Waals surface area contributed by atoms with Gasteiger partial charge < -0.3 is 4.90 Å². The number of aromatic nitrogens is 3. The normalized spacial score (nSPS) is 11.4. The predicted molar refractivity (Wildman–Crippen MR) is 192 cm³/mol. The van der Waals surface area contributed by atoms with Gasteiger partial charge in [0.15, 0.2) is 0 Å². The quantitative estimate of drug-likeness (QED) is 0.150.